The largest absolute Gasteiger partial charge is 0.493 e. The van der Waals surface area contributed by atoms with Crippen LogP contribution in [0, 0.1) is 11.7 Å². The maximum atomic E-state index is 13.1. The van der Waals surface area contributed by atoms with Gasteiger partial charge in [0.15, 0.2) is 0 Å². The van der Waals surface area contributed by atoms with Crippen molar-refractivity contribution in [3.63, 3.8) is 0 Å². The number of nitrogens with zero attached hydrogens (tertiary/aromatic N) is 1. The molecule has 0 amide bonds. The van der Waals surface area contributed by atoms with Crippen LogP contribution in [0.5, 0.6) is 5.75 Å². The van der Waals surface area contributed by atoms with E-state index in [1.54, 1.807) is 6.07 Å². The monoisotopic (exact) mass is 235 g/mol. The first-order valence-electron chi connectivity index (χ1n) is 5.74. The first-order chi connectivity index (χ1) is 8.29. The molecule has 0 aliphatic heterocycles. The van der Waals surface area contributed by atoms with Crippen molar-refractivity contribution >= 4 is 6.08 Å². The van der Waals surface area contributed by atoms with Gasteiger partial charge in [-0.25, -0.2) is 14.2 Å². The molecule has 90 valence electrons. The summed E-state index contributed by atoms with van der Waals surface area (Å²) < 4.78 is 18.7. The molecule has 1 aromatic rings. The second-order valence-corrected chi connectivity index (χ2v) is 4.27. The van der Waals surface area contributed by atoms with E-state index in [9.17, 15) is 9.18 Å². The summed E-state index contributed by atoms with van der Waals surface area (Å²) in [6, 6.07) is 4.28. The fraction of sp³-hybridized carbons (Fsp3) is 0.462. The van der Waals surface area contributed by atoms with E-state index in [-0.39, 0.29) is 12.4 Å². The maximum absolute atomic E-state index is 13.1. The summed E-state index contributed by atoms with van der Waals surface area (Å²) in [4.78, 5) is 13.5. The van der Waals surface area contributed by atoms with E-state index in [1.807, 2.05) is 0 Å². The van der Waals surface area contributed by atoms with Gasteiger partial charge in [0.05, 0.1) is 13.2 Å². The minimum absolute atomic E-state index is 0.112. The number of carbonyl (C=O) groups excluding carboxylic acids is 1. The lowest BCUT2D eigenvalue weighted by atomic mass is 9.86. The van der Waals surface area contributed by atoms with E-state index < -0.39 is 0 Å². The van der Waals surface area contributed by atoms with Gasteiger partial charge in [0.25, 0.3) is 0 Å². The van der Waals surface area contributed by atoms with Crippen LogP contribution in [0.1, 0.15) is 24.8 Å². The Bertz CT molecular complexity index is 437. The standard InChI is InChI=1S/C13H14FNO2/c14-12-4-5-13(11(6-12)7-15-9-16)17-8-10-2-1-3-10/h4-6,10H,1-3,7-8H2. The predicted octanol–water partition coefficient (Wildman–Crippen LogP) is 2.84. The molecule has 17 heavy (non-hydrogen) atoms. The van der Waals surface area contributed by atoms with E-state index in [4.69, 9.17) is 4.74 Å². The lowest BCUT2D eigenvalue weighted by Crippen LogP contribution is -2.19. The minimum Gasteiger partial charge on any atom is -0.493 e. The number of hydrogen-bond acceptors (Lipinski definition) is 3. The van der Waals surface area contributed by atoms with E-state index >= 15 is 0 Å². The fourth-order valence-corrected chi connectivity index (χ4v) is 1.80. The molecule has 0 bridgehead atoms. The van der Waals surface area contributed by atoms with Crippen LogP contribution >= 0.6 is 0 Å². The maximum Gasteiger partial charge on any atom is 0.235 e. The third kappa shape index (κ3) is 3.14. The van der Waals surface area contributed by atoms with Crippen LogP contribution in [0.25, 0.3) is 0 Å². The molecule has 0 heterocycles. The Kier molecular flexibility index (Phi) is 3.89. The van der Waals surface area contributed by atoms with E-state index in [2.05, 4.69) is 4.99 Å². The molecule has 0 unspecified atom stereocenters. The zero-order valence-electron chi connectivity index (χ0n) is 9.49. The Morgan fingerprint density at radius 1 is 1.47 bits per heavy atom. The van der Waals surface area contributed by atoms with Gasteiger partial charge in [-0.3, -0.25) is 0 Å². The smallest absolute Gasteiger partial charge is 0.235 e. The number of halogens is 1. The average Bonchev–Trinajstić information content (AvgIpc) is 2.26. The number of isocyanates is 1. The molecule has 1 aliphatic rings. The lowest BCUT2D eigenvalue weighted by molar-refractivity contribution is 0.179. The molecule has 0 radical (unpaired) electrons. The minimum atomic E-state index is -0.350. The van der Waals surface area contributed by atoms with Crippen LogP contribution in [0.4, 0.5) is 4.39 Å². The number of benzene rings is 1. The van der Waals surface area contributed by atoms with Gasteiger partial charge in [0, 0.05) is 5.56 Å². The quantitative estimate of drug-likeness (QED) is 0.581. The Balaban J connectivity index is 2.04. The lowest BCUT2D eigenvalue weighted by Gasteiger charge is -2.25. The van der Waals surface area contributed by atoms with Crippen molar-refractivity contribution in [2.45, 2.75) is 25.8 Å². The molecule has 1 aliphatic carbocycles. The van der Waals surface area contributed by atoms with E-state index in [0.29, 0.717) is 23.8 Å². The van der Waals surface area contributed by atoms with Crippen LogP contribution in [-0.4, -0.2) is 12.7 Å². The van der Waals surface area contributed by atoms with Crippen LogP contribution in [0.3, 0.4) is 0 Å². The zero-order valence-corrected chi connectivity index (χ0v) is 9.49. The van der Waals surface area contributed by atoms with Crippen LogP contribution < -0.4 is 4.74 Å². The van der Waals surface area contributed by atoms with Gasteiger partial charge in [-0.2, -0.15) is 0 Å². The molecule has 4 heteroatoms. The molecule has 1 aromatic carbocycles. The Morgan fingerprint density at radius 3 is 2.94 bits per heavy atom. The SMILES string of the molecule is O=C=NCc1cc(F)ccc1OCC1CCC1. The highest BCUT2D eigenvalue weighted by Gasteiger charge is 2.18. The Morgan fingerprint density at radius 2 is 2.29 bits per heavy atom. The van der Waals surface area contributed by atoms with Crippen LogP contribution in [-0.2, 0) is 11.3 Å². The summed E-state index contributed by atoms with van der Waals surface area (Å²) in [7, 11) is 0. The van der Waals surface area contributed by atoms with Crippen molar-refractivity contribution in [3.8, 4) is 5.75 Å². The van der Waals surface area contributed by atoms with Crippen molar-refractivity contribution in [2.75, 3.05) is 6.61 Å². The van der Waals surface area contributed by atoms with Crippen LogP contribution in [0.2, 0.25) is 0 Å². The number of ether oxygens (including phenoxy) is 1. The summed E-state index contributed by atoms with van der Waals surface area (Å²) in [5.74, 6) is 0.872. The summed E-state index contributed by atoms with van der Waals surface area (Å²) in [5.41, 5.74) is 0.590. The average molecular weight is 235 g/mol. The number of aliphatic imine (C=N–C) groups is 1. The van der Waals surface area contributed by atoms with Gasteiger partial charge in [-0.05, 0) is 37.0 Å². The number of rotatable bonds is 5. The van der Waals surface area contributed by atoms with Crippen molar-refractivity contribution in [3.05, 3.63) is 29.6 Å². The normalized spacial score (nSPS) is 14.9. The first-order valence-corrected chi connectivity index (χ1v) is 5.74. The summed E-state index contributed by atoms with van der Waals surface area (Å²) in [6.45, 7) is 0.769. The van der Waals surface area contributed by atoms with E-state index in [1.165, 1.54) is 37.5 Å². The van der Waals surface area contributed by atoms with Gasteiger partial charge >= 0.3 is 0 Å². The van der Waals surface area contributed by atoms with Crippen molar-refractivity contribution in [1.29, 1.82) is 0 Å². The molecular formula is C13H14FNO2. The van der Waals surface area contributed by atoms with E-state index in [0.717, 1.165) is 0 Å². The zero-order chi connectivity index (χ0) is 12.1. The van der Waals surface area contributed by atoms with Gasteiger partial charge < -0.3 is 4.74 Å². The molecule has 1 saturated carbocycles. The van der Waals surface area contributed by atoms with Crippen molar-refractivity contribution in [1.82, 2.24) is 0 Å². The molecular weight excluding hydrogens is 221 g/mol. The van der Waals surface area contributed by atoms with Gasteiger partial charge in [-0.1, -0.05) is 6.42 Å². The molecule has 3 nitrogen and oxygen atoms in total. The molecule has 0 atom stereocenters. The second kappa shape index (κ2) is 5.60. The van der Waals surface area contributed by atoms with Crippen molar-refractivity contribution < 1.29 is 13.9 Å². The number of hydrogen-bond donors (Lipinski definition) is 0. The van der Waals surface area contributed by atoms with Crippen LogP contribution in [0.15, 0.2) is 23.2 Å². The van der Waals surface area contributed by atoms with Crippen molar-refractivity contribution in [2.24, 2.45) is 10.9 Å². The highest BCUT2D eigenvalue weighted by atomic mass is 19.1. The highest BCUT2D eigenvalue weighted by molar-refractivity contribution is 5.38. The molecule has 2 rings (SSSR count). The third-order valence-electron chi connectivity index (χ3n) is 3.04. The third-order valence-corrected chi connectivity index (χ3v) is 3.04. The summed E-state index contributed by atoms with van der Waals surface area (Å²) >= 11 is 0. The fourth-order valence-electron chi connectivity index (χ4n) is 1.80. The van der Waals surface area contributed by atoms with Gasteiger partial charge in [0.2, 0.25) is 6.08 Å². The van der Waals surface area contributed by atoms with Gasteiger partial charge in [-0.15, -0.1) is 0 Å². The molecule has 0 N–H and O–H groups in total. The second-order valence-electron chi connectivity index (χ2n) is 4.27. The Labute approximate surface area is 99.3 Å². The molecule has 0 spiro atoms. The topological polar surface area (TPSA) is 38.7 Å². The Hall–Kier alpha value is -1.67. The molecule has 0 saturated heterocycles. The molecule has 1 fully saturated rings. The molecule has 0 aromatic heterocycles. The van der Waals surface area contributed by atoms with Gasteiger partial charge in [0.1, 0.15) is 11.6 Å². The first kappa shape index (κ1) is 11.8. The summed E-state index contributed by atoms with van der Waals surface area (Å²) in [6.07, 6.45) is 5.11. The highest BCUT2D eigenvalue weighted by Crippen LogP contribution is 2.28. The predicted molar refractivity (Wildman–Crippen MR) is 61.1 cm³/mol. The summed E-state index contributed by atoms with van der Waals surface area (Å²) in [5, 5.41) is 0.